The van der Waals surface area contributed by atoms with Crippen LogP contribution in [0.4, 0.5) is 5.69 Å². The van der Waals surface area contributed by atoms with Crippen LogP contribution in [0.1, 0.15) is 38.6 Å². The van der Waals surface area contributed by atoms with Crippen molar-refractivity contribution in [2.45, 2.75) is 38.6 Å². The first-order valence-corrected chi connectivity index (χ1v) is 7.77. The van der Waals surface area contributed by atoms with Crippen LogP contribution in [0, 0.1) is 5.92 Å². The number of hydrogen-bond acceptors (Lipinski definition) is 4. The molecule has 0 radical (unpaired) electrons. The van der Waals surface area contributed by atoms with Gasteiger partial charge >= 0.3 is 0 Å². The van der Waals surface area contributed by atoms with Crippen LogP contribution in [0.5, 0.6) is 0 Å². The van der Waals surface area contributed by atoms with Crippen LogP contribution in [0.15, 0.2) is 22.7 Å². The second-order valence-corrected chi connectivity index (χ2v) is 6.56. The highest BCUT2D eigenvalue weighted by atomic mass is 79.9. The Balaban J connectivity index is 1.97. The fourth-order valence-corrected chi connectivity index (χ4v) is 3.51. The first-order chi connectivity index (χ1) is 9.63. The first kappa shape index (κ1) is 13.5. The lowest BCUT2D eigenvalue weighted by Crippen LogP contribution is -2.19. The Morgan fingerprint density at radius 3 is 2.90 bits per heavy atom. The summed E-state index contributed by atoms with van der Waals surface area (Å²) in [5, 5.41) is 12.3. The van der Waals surface area contributed by atoms with E-state index in [1.807, 2.05) is 22.9 Å². The Bertz CT molecular complexity index is 589. The van der Waals surface area contributed by atoms with Crippen LogP contribution in [0.2, 0.25) is 0 Å². The zero-order chi connectivity index (χ0) is 14.1. The van der Waals surface area contributed by atoms with Gasteiger partial charge in [-0.2, -0.15) is 0 Å². The summed E-state index contributed by atoms with van der Waals surface area (Å²) in [6.07, 6.45) is 4.83. The van der Waals surface area contributed by atoms with E-state index in [0.29, 0.717) is 11.7 Å². The minimum absolute atomic E-state index is 0.393. The summed E-state index contributed by atoms with van der Waals surface area (Å²) in [4.78, 5) is 0. The van der Waals surface area contributed by atoms with Gasteiger partial charge in [-0.1, -0.05) is 35.7 Å². The third-order valence-corrected chi connectivity index (χ3v) is 4.38. The molecule has 0 saturated heterocycles. The van der Waals surface area contributed by atoms with Crippen LogP contribution >= 0.6 is 15.9 Å². The number of nitrogen functional groups attached to an aromatic ring is 1. The molecule has 0 aliphatic heterocycles. The van der Waals surface area contributed by atoms with Crippen molar-refractivity contribution in [3.05, 3.63) is 22.7 Å². The molecular formula is C14H18BrN5. The molecule has 0 bridgehead atoms. The minimum Gasteiger partial charge on any atom is -0.399 e. The summed E-state index contributed by atoms with van der Waals surface area (Å²) in [6, 6.07) is 6.19. The van der Waals surface area contributed by atoms with E-state index >= 15 is 0 Å². The predicted octanol–water partition coefficient (Wildman–Crippen LogP) is 3.44. The smallest absolute Gasteiger partial charge is 0.182 e. The summed E-state index contributed by atoms with van der Waals surface area (Å²) >= 11 is 3.47. The molecule has 2 N–H and O–H groups in total. The molecule has 1 aliphatic carbocycles. The Morgan fingerprint density at radius 2 is 2.15 bits per heavy atom. The lowest BCUT2D eigenvalue weighted by Gasteiger charge is -2.27. The van der Waals surface area contributed by atoms with E-state index in [-0.39, 0.29) is 0 Å². The molecule has 2 unspecified atom stereocenters. The van der Waals surface area contributed by atoms with Gasteiger partial charge in [0, 0.05) is 15.7 Å². The van der Waals surface area contributed by atoms with E-state index in [9.17, 15) is 0 Å². The van der Waals surface area contributed by atoms with Gasteiger partial charge in [-0.15, -0.1) is 5.10 Å². The monoisotopic (exact) mass is 335 g/mol. The molecule has 3 rings (SSSR count). The van der Waals surface area contributed by atoms with E-state index in [4.69, 9.17) is 5.73 Å². The molecule has 1 aromatic carbocycles. The second kappa shape index (κ2) is 5.52. The highest BCUT2D eigenvalue weighted by molar-refractivity contribution is 9.10. The zero-order valence-electron chi connectivity index (χ0n) is 11.5. The molecular weight excluding hydrogens is 318 g/mol. The SMILES string of the molecule is CC1CCCC(n2nnnc2-c2cc(N)cc(Br)c2)C1. The highest BCUT2D eigenvalue weighted by Gasteiger charge is 2.24. The maximum atomic E-state index is 5.91. The quantitative estimate of drug-likeness (QED) is 0.853. The van der Waals surface area contributed by atoms with E-state index < -0.39 is 0 Å². The van der Waals surface area contributed by atoms with Gasteiger partial charge in [0.2, 0.25) is 0 Å². The predicted molar refractivity (Wildman–Crippen MR) is 82.0 cm³/mol. The molecule has 1 aromatic heterocycles. The lowest BCUT2D eigenvalue weighted by atomic mass is 9.87. The maximum absolute atomic E-state index is 5.91. The summed E-state index contributed by atoms with van der Waals surface area (Å²) in [6.45, 7) is 2.30. The summed E-state index contributed by atoms with van der Waals surface area (Å²) in [7, 11) is 0. The van der Waals surface area contributed by atoms with Crippen LogP contribution in [0.3, 0.4) is 0 Å². The van der Waals surface area contributed by atoms with Crippen molar-refractivity contribution in [2.24, 2.45) is 5.92 Å². The number of hydrogen-bond donors (Lipinski definition) is 1. The topological polar surface area (TPSA) is 69.6 Å². The number of tetrazole rings is 1. The molecule has 1 aliphatic rings. The largest absolute Gasteiger partial charge is 0.399 e. The average molecular weight is 336 g/mol. The van der Waals surface area contributed by atoms with Crippen molar-refractivity contribution < 1.29 is 0 Å². The average Bonchev–Trinajstić information content (AvgIpc) is 2.86. The van der Waals surface area contributed by atoms with E-state index in [1.165, 1.54) is 12.8 Å². The number of rotatable bonds is 2. The van der Waals surface area contributed by atoms with Crippen molar-refractivity contribution in [1.82, 2.24) is 20.2 Å². The number of benzene rings is 1. The van der Waals surface area contributed by atoms with E-state index in [0.717, 1.165) is 34.6 Å². The second-order valence-electron chi connectivity index (χ2n) is 5.65. The Hall–Kier alpha value is -1.43. The van der Waals surface area contributed by atoms with Crippen molar-refractivity contribution in [3.8, 4) is 11.4 Å². The van der Waals surface area contributed by atoms with E-state index in [2.05, 4.69) is 38.4 Å². The molecule has 0 spiro atoms. The van der Waals surface area contributed by atoms with Crippen LogP contribution in [-0.2, 0) is 0 Å². The van der Waals surface area contributed by atoms with Gasteiger partial charge in [0.15, 0.2) is 5.82 Å². The first-order valence-electron chi connectivity index (χ1n) is 6.98. The molecule has 2 aromatic rings. The fourth-order valence-electron chi connectivity index (χ4n) is 3.00. The molecule has 5 nitrogen and oxygen atoms in total. The Labute approximate surface area is 126 Å². The molecule has 1 fully saturated rings. The van der Waals surface area contributed by atoms with Crippen molar-refractivity contribution in [1.29, 1.82) is 0 Å². The summed E-state index contributed by atoms with van der Waals surface area (Å²) in [5.74, 6) is 1.54. The molecule has 0 amide bonds. The van der Waals surface area contributed by atoms with Gasteiger partial charge in [-0.3, -0.25) is 0 Å². The van der Waals surface area contributed by atoms with Gasteiger partial charge in [-0.05, 0) is 47.4 Å². The Kier molecular flexibility index (Phi) is 3.74. The van der Waals surface area contributed by atoms with E-state index in [1.54, 1.807) is 0 Å². The third kappa shape index (κ3) is 2.70. The van der Waals surface area contributed by atoms with Crippen LogP contribution in [0.25, 0.3) is 11.4 Å². The molecule has 1 saturated carbocycles. The van der Waals surface area contributed by atoms with Crippen molar-refractivity contribution in [3.63, 3.8) is 0 Å². The lowest BCUT2D eigenvalue weighted by molar-refractivity contribution is 0.265. The van der Waals surface area contributed by atoms with Gasteiger partial charge in [0.05, 0.1) is 6.04 Å². The summed E-state index contributed by atoms with van der Waals surface area (Å²) < 4.78 is 2.91. The molecule has 2 atom stereocenters. The minimum atomic E-state index is 0.393. The molecule has 20 heavy (non-hydrogen) atoms. The fraction of sp³-hybridized carbons (Fsp3) is 0.500. The maximum Gasteiger partial charge on any atom is 0.182 e. The summed E-state index contributed by atoms with van der Waals surface area (Å²) in [5.41, 5.74) is 7.58. The van der Waals surface area contributed by atoms with Gasteiger partial charge < -0.3 is 5.73 Å². The molecule has 106 valence electrons. The van der Waals surface area contributed by atoms with Crippen LogP contribution in [-0.4, -0.2) is 20.2 Å². The number of aromatic nitrogens is 4. The normalized spacial score (nSPS) is 22.9. The van der Waals surface area contributed by atoms with Crippen molar-refractivity contribution >= 4 is 21.6 Å². The van der Waals surface area contributed by atoms with Gasteiger partial charge in [0.1, 0.15) is 0 Å². The molecule has 6 heteroatoms. The number of nitrogens with two attached hydrogens (primary N) is 1. The molecule has 1 heterocycles. The number of halogens is 1. The van der Waals surface area contributed by atoms with Crippen LogP contribution < -0.4 is 5.73 Å². The highest BCUT2D eigenvalue weighted by Crippen LogP contribution is 2.34. The zero-order valence-corrected chi connectivity index (χ0v) is 13.0. The standard InChI is InChI=1S/C14H18BrN5/c1-9-3-2-4-13(5-9)20-14(17-18-19-20)10-6-11(15)8-12(16)7-10/h6-9,13H,2-5,16H2,1H3. The number of anilines is 1. The Morgan fingerprint density at radius 1 is 1.30 bits per heavy atom. The van der Waals surface area contributed by atoms with Gasteiger partial charge in [-0.25, -0.2) is 4.68 Å². The van der Waals surface area contributed by atoms with Gasteiger partial charge in [0.25, 0.3) is 0 Å². The number of nitrogens with zero attached hydrogens (tertiary/aromatic N) is 4. The third-order valence-electron chi connectivity index (χ3n) is 3.93. The van der Waals surface area contributed by atoms with Crippen molar-refractivity contribution in [2.75, 3.05) is 5.73 Å².